The van der Waals surface area contributed by atoms with Crippen LogP contribution in [0.4, 0.5) is 0 Å². The van der Waals surface area contributed by atoms with Crippen molar-refractivity contribution in [2.45, 2.75) is 45.2 Å². The van der Waals surface area contributed by atoms with E-state index in [1.54, 1.807) is 41.3 Å². The zero-order chi connectivity index (χ0) is 25.8. The van der Waals surface area contributed by atoms with Gasteiger partial charge in [-0.3, -0.25) is 9.59 Å². The molecule has 0 radical (unpaired) electrons. The molecule has 0 fully saturated rings. The van der Waals surface area contributed by atoms with Crippen molar-refractivity contribution in [1.29, 1.82) is 0 Å². The lowest BCUT2D eigenvalue weighted by Gasteiger charge is -2.31. The lowest BCUT2D eigenvalue weighted by Crippen LogP contribution is -2.50. The van der Waals surface area contributed by atoms with Gasteiger partial charge in [0.25, 0.3) is 0 Å². The fraction of sp³-hybridized carbons (Fsp3) is 0.310. The minimum absolute atomic E-state index is 0.0998. The summed E-state index contributed by atoms with van der Waals surface area (Å²) in [6.07, 6.45) is 2.02. The molecule has 0 aromatic heterocycles. The topological polar surface area (TPSA) is 58.6 Å². The van der Waals surface area contributed by atoms with Crippen molar-refractivity contribution in [2.75, 3.05) is 13.2 Å². The molecule has 0 aliphatic heterocycles. The van der Waals surface area contributed by atoms with E-state index in [1.807, 2.05) is 49.4 Å². The average Bonchev–Trinajstić information content (AvgIpc) is 2.89. The molecule has 0 spiro atoms. The summed E-state index contributed by atoms with van der Waals surface area (Å²) < 4.78 is 5.76. The number of rotatable bonds is 13. The normalized spacial score (nSPS) is 11.5. The Bertz CT molecular complexity index is 1090. The molecule has 7 heteroatoms. The quantitative estimate of drug-likeness (QED) is 0.265. The molecule has 3 aromatic rings. The molecule has 5 nitrogen and oxygen atoms in total. The van der Waals surface area contributed by atoms with Crippen molar-refractivity contribution < 1.29 is 14.3 Å². The van der Waals surface area contributed by atoms with Crippen LogP contribution in [-0.4, -0.2) is 35.9 Å². The molecule has 36 heavy (non-hydrogen) atoms. The van der Waals surface area contributed by atoms with Crippen molar-refractivity contribution in [2.24, 2.45) is 0 Å². The van der Waals surface area contributed by atoms with Gasteiger partial charge in [-0.15, -0.1) is 0 Å². The van der Waals surface area contributed by atoms with Gasteiger partial charge in [-0.1, -0.05) is 72.6 Å². The van der Waals surface area contributed by atoms with Crippen molar-refractivity contribution in [3.63, 3.8) is 0 Å². The first-order valence-electron chi connectivity index (χ1n) is 12.2. The second kappa shape index (κ2) is 14.5. The second-order valence-corrected chi connectivity index (χ2v) is 9.42. The van der Waals surface area contributed by atoms with E-state index in [4.69, 9.17) is 27.9 Å². The maximum absolute atomic E-state index is 13.5. The highest BCUT2D eigenvalue weighted by atomic mass is 35.5. The van der Waals surface area contributed by atoms with E-state index in [0.29, 0.717) is 48.3 Å². The molecule has 1 N–H and O–H groups in total. The van der Waals surface area contributed by atoms with Gasteiger partial charge in [0.2, 0.25) is 11.8 Å². The van der Waals surface area contributed by atoms with Crippen LogP contribution in [0.2, 0.25) is 10.0 Å². The summed E-state index contributed by atoms with van der Waals surface area (Å²) in [6.45, 7) is 3.25. The second-order valence-electron chi connectivity index (χ2n) is 8.55. The standard InChI is InChI=1S/C29H32Cl2N2O3/c1-2-18-32-29(35)27(20-22-7-4-3-5-8-22)33(21-23-10-12-24(30)13-11-23)28(34)9-6-19-36-26-16-14-25(31)15-17-26/h3-5,7-8,10-17,27H,2,6,9,18-21H2,1H3,(H,32,35)/t27-/m1/s1. The molecule has 0 aliphatic carbocycles. The Morgan fingerprint density at radius 3 is 2.17 bits per heavy atom. The van der Waals surface area contributed by atoms with Gasteiger partial charge in [0.05, 0.1) is 6.61 Å². The largest absolute Gasteiger partial charge is 0.494 e. The van der Waals surface area contributed by atoms with Crippen molar-refractivity contribution in [1.82, 2.24) is 10.2 Å². The minimum Gasteiger partial charge on any atom is -0.494 e. The summed E-state index contributed by atoms with van der Waals surface area (Å²) in [5, 5.41) is 4.25. The summed E-state index contributed by atoms with van der Waals surface area (Å²) in [5.74, 6) is 0.448. The summed E-state index contributed by atoms with van der Waals surface area (Å²) in [6, 6.07) is 23.6. The summed E-state index contributed by atoms with van der Waals surface area (Å²) in [4.78, 5) is 28.5. The number of amides is 2. The van der Waals surface area contributed by atoms with Gasteiger partial charge in [0, 0.05) is 36.0 Å². The summed E-state index contributed by atoms with van der Waals surface area (Å²) in [5.41, 5.74) is 1.90. The van der Waals surface area contributed by atoms with E-state index in [9.17, 15) is 9.59 Å². The number of ether oxygens (including phenoxy) is 1. The average molecular weight is 527 g/mol. The van der Waals surface area contributed by atoms with E-state index in [2.05, 4.69) is 5.32 Å². The van der Waals surface area contributed by atoms with Crippen LogP contribution in [0.5, 0.6) is 5.75 Å². The molecule has 3 rings (SSSR count). The van der Waals surface area contributed by atoms with Crippen LogP contribution in [0.1, 0.15) is 37.3 Å². The molecule has 0 bridgehead atoms. The first kappa shape index (κ1) is 27.6. The van der Waals surface area contributed by atoms with Crippen LogP contribution in [0.15, 0.2) is 78.9 Å². The van der Waals surface area contributed by atoms with Gasteiger partial charge in [-0.2, -0.15) is 0 Å². The van der Waals surface area contributed by atoms with E-state index in [1.165, 1.54) is 0 Å². The lowest BCUT2D eigenvalue weighted by atomic mass is 10.0. The summed E-state index contributed by atoms with van der Waals surface area (Å²) >= 11 is 12.0. The van der Waals surface area contributed by atoms with E-state index < -0.39 is 6.04 Å². The lowest BCUT2D eigenvalue weighted by molar-refractivity contribution is -0.141. The van der Waals surface area contributed by atoms with Crippen LogP contribution in [0.25, 0.3) is 0 Å². The highest BCUT2D eigenvalue weighted by Crippen LogP contribution is 2.19. The first-order chi connectivity index (χ1) is 17.5. The maximum atomic E-state index is 13.5. The third kappa shape index (κ3) is 8.89. The third-order valence-electron chi connectivity index (χ3n) is 5.70. The van der Waals surface area contributed by atoms with E-state index in [0.717, 1.165) is 17.5 Å². The van der Waals surface area contributed by atoms with Gasteiger partial charge in [-0.25, -0.2) is 0 Å². The molecule has 2 amide bonds. The van der Waals surface area contributed by atoms with Gasteiger partial charge < -0.3 is 15.0 Å². The predicted molar refractivity (Wildman–Crippen MR) is 145 cm³/mol. The monoisotopic (exact) mass is 526 g/mol. The van der Waals surface area contributed by atoms with Crippen LogP contribution in [-0.2, 0) is 22.6 Å². The molecule has 0 saturated carbocycles. The zero-order valence-electron chi connectivity index (χ0n) is 20.5. The van der Waals surface area contributed by atoms with Crippen molar-refractivity contribution in [3.8, 4) is 5.75 Å². The van der Waals surface area contributed by atoms with Gasteiger partial charge >= 0.3 is 0 Å². The Morgan fingerprint density at radius 1 is 0.889 bits per heavy atom. The summed E-state index contributed by atoms with van der Waals surface area (Å²) in [7, 11) is 0. The number of nitrogens with zero attached hydrogens (tertiary/aromatic N) is 1. The first-order valence-corrected chi connectivity index (χ1v) is 13.0. The SMILES string of the molecule is CCCNC(=O)[C@@H](Cc1ccccc1)N(Cc1ccc(Cl)cc1)C(=O)CCCOc1ccc(Cl)cc1. The Morgan fingerprint density at radius 2 is 1.53 bits per heavy atom. The third-order valence-corrected chi connectivity index (χ3v) is 6.21. The molecule has 0 aliphatic rings. The number of hydrogen-bond donors (Lipinski definition) is 1. The molecule has 0 heterocycles. The highest BCUT2D eigenvalue weighted by Gasteiger charge is 2.30. The number of hydrogen-bond acceptors (Lipinski definition) is 3. The zero-order valence-corrected chi connectivity index (χ0v) is 22.0. The van der Waals surface area contributed by atoms with Crippen LogP contribution in [0, 0.1) is 0 Å². The maximum Gasteiger partial charge on any atom is 0.243 e. The minimum atomic E-state index is -0.640. The van der Waals surface area contributed by atoms with Gasteiger partial charge in [0.15, 0.2) is 0 Å². The fourth-order valence-corrected chi connectivity index (χ4v) is 4.05. The molecular weight excluding hydrogens is 495 g/mol. The number of carbonyl (C=O) groups excluding carboxylic acids is 2. The molecular formula is C29H32Cl2N2O3. The number of carbonyl (C=O) groups is 2. The van der Waals surface area contributed by atoms with Crippen LogP contribution < -0.4 is 10.1 Å². The molecule has 190 valence electrons. The van der Waals surface area contributed by atoms with E-state index >= 15 is 0 Å². The van der Waals surface area contributed by atoms with E-state index in [-0.39, 0.29) is 18.2 Å². The molecule has 1 atom stereocenters. The number of halogens is 2. The Labute approximate surface area is 223 Å². The Balaban J connectivity index is 1.76. The Kier molecular flexibility index (Phi) is 11.1. The smallest absolute Gasteiger partial charge is 0.243 e. The van der Waals surface area contributed by atoms with Crippen molar-refractivity contribution >= 4 is 35.0 Å². The fourth-order valence-electron chi connectivity index (χ4n) is 3.79. The van der Waals surface area contributed by atoms with Crippen LogP contribution in [0.3, 0.4) is 0 Å². The van der Waals surface area contributed by atoms with Gasteiger partial charge in [-0.05, 0) is 60.4 Å². The van der Waals surface area contributed by atoms with Gasteiger partial charge in [0.1, 0.15) is 11.8 Å². The number of nitrogens with one attached hydrogen (secondary N) is 1. The highest BCUT2D eigenvalue weighted by molar-refractivity contribution is 6.30. The molecule has 0 unspecified atom stereocenters. The number of benzene rings is 3. The molecule has 3 aromatic carbocycles. The Hall–Kier alpha value is -3.02. The molecule has 0 saturated heterocycles. The van der Waals surface area contributed by atoms with Crippen LogP contribution >= 0.6 is 23.2 Å². The predicted octanol–water partition coefficient (Wildman–Crippen LogP) is 6.32. The van der Waals surface area contributed by atoms with Crippen molar-refractivity contribution in [3.05, 3.63) is 100 Å².